The summed E-state index contributed by atoms with van der Waals surface area (Å²) in [6, 6.07) is 8.07. The van der Waals surface area contributed by atoms with Crippen molar-refractivity contribution in [3.8, 4) is 0 Å². The van der Waals surface area contributed by atoms with Crippen molar-refractivity contribution in [3.05, 3.63) is 29.3 Å². The maximum Gasteiger partial charge on any atom is 0.0958 e. The largest absolute Gasteiger partial charge is 0.366 e. The van der Waals surface area contributed by atoms with E-state index in [4.69, 9.17) is 11.6 Å². The van der Waals surface area contributed by atoms with Crippen molar-refractivity contribution in [1.29, 1.82) is 0 Å². The third-order valence-electron chi connectivity index (χ3n) is 2.61. The van der Waals surface area contributed by atoms with Gasteiger partial charge >= 0.3 is 0 Å². The van der Waals surface area contributed by atoms with E-state index in [1.807, 2.05) is 12.1 Å². The van der Waals surface area contributed by atoms with Crippen molar-refractivity contribution < 1.29 is 4.48 Å². The van der Waals surface area contributed by atoms with Crippen LogP contribution in [0.1, 0.15) is 6.92 Å². The Morgan fingerprint density at radius 1 is 1.12 bits per heavy atom. The van der Waals surface area contributed by atoms with Gasteiger partial charge in [-0.1, -0.05) is 11.6 Å². The third kappa shape index (κ3) is 4.42. The van der Waals surface area contributed by atoms with Crippen molar-refractivity contribution in [1.82, 2.24) is 0 Å². The number of hydrogen-bond donors (Lipinski definition) is 0. The summed E-state index contributed by atoms with van der Waals surface area (Å²) < 4.78 is 0.990. The molecule has 0 unspecified atom stereocenters. The minimum atomic E-state index is 0.798. The molecule has 0 bridgehead atoms. The van der Waals surface area contributed by atoms with Gasteiger partial charge in [-0.05, 0) is 31.2 Å². The van der Waals surface area contributed by atoms with Gasteiger partial charge in [-0.15, -0.1) is 0 Å². The molecule has 2 nitrogen and oxygen atoms in total. The Balaban J connectivity index is 2.64. The van der Waals surface area contributed by atoms with E-state index in [0.717, 1.165) is 29.1 Å². The number of anilines is 1. The van der Waals surface area contributed by atoms with Gasteiger partial charge in [-0.3, -0.25) is 0 Å². The molecule has 0 fully saturated rings. The molecule has 16 heavy (non-hydrogen) atoms. The molecule has 0 spiro atoms. The van der Waals surface area contributed by atoms with Gasteiger partial charge in [-0.2, -0.15) is 0 Å². The Morgan fingerprint density at radius 2 is 1.69 bits per heavy atom. The highest BCUT2D eigenvalue weighted by Gasteiger charge is 2.10. The smallest absolute Gasteiger partial charge is 0.0958 e. The monoisotopic (exact) mass is 241 g/mol. The summed E-state index contributed by atoms with van der Waals surface area (Å²) >= 11 is 5.89. The average molecular weight is 242 g/mol. The molecule has 0 heterocycles. The van der Waals surface area contributed by atoms with Crippen LogP contribution >= 0.6 is 11.6 Å². The van der Waals surface area contributed by atoms with E-state index in [2.05, 4.69) is 45.1 Å². The minimum absolute atomic E-state index is 0.798. The summed E-state index contributed by atoms with van der Waals surface area (Å²) in [5.74, 6) is 0. The first-order valence-electron chi connectivity index (χ1n) is 5.73. The zero-order valence-electron chi connectivity index (χ0n) is 10.7. The van der Waals surface area contributed by atoms with E-state index in [9.17, 15) is 0 Å². The van der Waals surface area contributed by atoms with Crippen LogP contribution in [0.2, 0.25) is 5.02 Å². The summed E-state index contributed by atoms with van der Waals surface area (Å²) in [6.07, 6.45) is 0. The number of quaternary nitrogens is 1. The molecular weight excluding hydrogens is 220 g/mol. The Bertz CT molecular complexity index is 314. The summed E-state index contributed by atoms with van der Waals surface area (Å²) in [4.78, 5) is 2.37. The fourth-order valence-corrected chi connectivity index (χ4v) is 1.67. The van der Waals surface area contributed by atoms with Gasteiger partial charge in [0.05, 0.1) is 34.2 Å². The van der Waals surface area contributed by atoms with Gasteiger partial charge in [0.1, 0.15) is 0 Å². The number of halogens is 1. The molecule has 90 valence electrons. The SMILES string of the molecule is CCN(CC[N+](C)(C)C)c1ccc(Cl)cc1. The summed E-state index contributed by atoms with van der Waals surface area (Å²) in [6.45, 7) is 5.42. The molecule has 0 aliphatic carbocycles. The first kappa shape index (κ1) is 13.3. The van der Waals surface area contributed by atoms with Gasteiger partial charge in [0.2, 0.25) is 0 Å². The average Bonchev–Trinajstić information content (AvgIpc) is 2.20. The fourth-order valence-electron chi connectivity index (χ4n) is 1.54. The van der Waals surface area contributed by atoms with Crippen molar-refractivity contribution in [2.75, 3.05) is 45.7 Å². The Labute approximate surface area is 104 Å². The number of likely N-dealkylation sites (N-methyl/N-ethyl adjacent to an activating group) is 2. The Kier molecular flexibility index (Phi) is 4.63. The molecule has 0 amide bonds. The molecule has 0 aliphatic heterocycles. The second kappa shape index (κ2) is 5.55. The van der Waals surface area contributed by atoms with Crippen LogP contribution in [-0.2, 0) is 0 Å². The lowest BCUT2D eigenvalue weighted by atomic mass is 10.3. The maximum absolute atomic E-state index is 5.89. The van der Waals surface area contributed by atoms with Crippen molar-refractivity contribution in [2.24, 2.45) is 0 Å². The lowest BCUT2D eigenvalue weighted by Crippen LogP contribution is -2.42. The van der Waals surface area contributed by atoms with Crippen LogP contribution in [-0.4, -0.2) is 45.3 Å². The lowest BCUT2D eigenvalue weighted by molar-refractivity contribution is -0.868. The van der Waals surface area contributed by atoms with Crippen LogP contribution < -0.4 is 4.90 Å². The van der Waals surface area contributed by atoms with E-state index < -0.39 is 0 Å². The van der Waals surface area contributed by atoms with Gasteiger partial charge in [0, 0.05) is 17.3 Å². The predicted molar refractivity (Wildman–Crippen MR) is 72.2 cm³/mol. The number of nitrogens with zero attached hydrogens (tertiary/aromatic N) is 2. The van der Waals surface area contributed by atoms with Gasteiger partial charge in [-0.25, -0.2) is 0 Å². The van der Waals surface area contributed by atoms with E-state index in [-0.39, 0.29) is 0 Å². The number of rotatable bonds is 5. The molecule has 1 aromatic rings. The second-order valence-electron chi connectivity index (χ2n) is 5.07. The van der Waals surface area contributed by atoms with Crippen LogP contribution in [0.15, 0.2) is 24.3 Å². The first-order chi connectivity index (χ1) is 7.42. The topological polar surface area (TPSA) is 3.24 Å². The van der Waals surface area contributed by atoms with Gasteiger partial charge < -0.3 is 9.38 Å². The Hall–Kier alpha value is -0.730. The molecule has 0 saturated heterocycles. The normalized spacial score (nSPS) is 11.6. The highest BCUT2D eigenvalue weighted by atomic mass is 35.5. The quantitative estimate of drug-likeness (QED) is 0.717. The lowest BCUT2D eigenvalue weighted by Gasteiger charge is -2.29. The highest BCUT2D eigenvalue weighted by Crippen LogP contribution is 2.17. The molecule has 1 rings (SSSR count). The Morgan fingerprint density at radius 3 is 2.12 bits per heavy atom. The summed E-state index contributed by atoms with van der Waals surface area (Å²) in [5.41, 5.74) is 1.25. The van der Waals surface area contributed by atoms with Crippen LogP contribution in [0.25, 0.3) is 0 Å². The molecule has 3 heteroatoms. The second-order valence-corrected chi connectivity index (χ2v) is 5.51. The standard InChI is InChI=1S/C13H22ClN2/c1-5-15(10-11-16(2,3)4)13-8-6-12(14)7-9-13/h6-9H,5,10-11H2,1-4H3/q+1. The molecule has 0 aromatic heterocycles. The number of hydrogen-bond acceptors (Lipinski definition) is 1. The van der Waals surface area contributed by atoms with Crippen LogP contribution in [0, 0.1) is 0 Å². The maximum atomic E-state index is 5.89. The van der Waals surface area contributed by atoms with E-state index >= 15 is 0 Å². The molecule has 0 saturated carbocycles. The molecule has 0 radical (unpaired) electrons. The zero-order chi connectivity index (χ0) is 12.2. The molecule has 1 aromatic carbocycles. The first-order valence-corrected chi connectivity index (χ1v) is 6.11. The summed E-state index contributed by atoms with van der Waals surface area (Å²) in [7, 11) is 6.65. The minimum Gasteiger partial charge on any atom is -0.366 e. The van der Waals surface area contributed by atoms with Crippen LogP contribution in [0.4, 0.5) is 5.69 Å². The highest BCUT2D eigenvalue weighted by molar-refractivity contribution is 6.30. The molecule has 0 N–H and O–H groups in total. The molecule has 0 atom stereocenters. The number of benzene rings is 1. The van der Waals surface area contributed by atoms with Gasteiger partial charge in [0.25, 0.3) is 0 Å². The van der Waals surface area contributed by atoms with Crippen LogP contribution in [0.5, 0.6) is 0 Å². The molecule has 0 aliphatic rings. The van der Waals surface area contributed by atoms with Crippen molar-refractivity contribution in [3.63, 3.8) is 0 Å². The fraction of sp³-hybridized carbons (Fsp3) is 0.538. The third-order valence-corrected chi connectivity index (χ3v) is 2.87. The summed E-state index contributed by atoms with van der Waals surface area (Å²) in [5, 5.41) is 0.798. The predicted octanol–water partition coefficient (Wildman–Crippen LogP) is 2.87. The zero-order valence-corrected chi connectivity index (χ0v) is 11.5. The van der Waals surface area contributed by atoms with Crippen molar-refractivity contribution >= 4 is 17.3 Å². The van der Waals surface area contributed by atoms with E-state index in [1.54, 1.807) is 0 Å². The van der Waals surface area contributed by atoms with E-state index in [1.165, 1.54) is 5.69 Å². The van der Waals surface area contributed by atoms with Crippen LogP contribution in [0.3, 0.4) is 0 Å². The van der Waals surface area contributed by atoms with E-state index in [0.29, 0.717) is 0 Å². The molecular formula is C13H22ClN2+. The van der Waals surface area contributed by atoms with Crippen molar-refractivity contribution in [2.45, 2.75) is 6.92 Å². The van der Waals surface area contributed by atoms with Gasteiger partial charge in [0.15, 0.2) is 0 Å².